The zero-order valence-electron chi connectivity index (χ0n) is 17.6. The first kappa shape index (κ1) is 21.8. The van der Waals surface area contributed by atoms with E-state index < -0.39 is 23.1 Å². The molecule has 2 aliphatic rings. The van der Waals surface area contributed by atoms with Gasteiger partial charge in [-0.15, -0.1) is 0 Å². The minimum Gasteiger partial charge on any atom is -0.361 e. The molecule has 3 aromatic carbocycles. The summed E-state index contributed by atoms with van der Waals surface area (Å²) in [4.78, 5) is 17.4. The van der Waals surface area contributed by atoms with Gasteiger partial charge in [-0.25, -0.2) is 13.2 Å². The van der Waals surface area contributed by atoms with Crippen LogP contribution < -0.4 is 10.2 Å². The highest BCUT2D eigenvalue weighted by Gasteiger charge is 2.47. The second kappa shape index (κ2) is 8.39. The molecule has 8 heteroatoms. The number of benzene rings is 3. The normalized spacial score (nSPS) is 17.7. The van der Waals surface area contributed by atoms with Crippen LogP contribution >= 0.6 is 11.6 Å². The van der Waals surface area contributed by atoms with Crippen LogP contribution in [-0.2, 0) is 6.54 Å². The topological polar surface area (TPSA) is 35.6 Å². The van der Waals surface area contributed by atoms with Crippen LogP contribution in [0.3, 0.4) is 0 Å². The van der Waals surface area contributed by atoms with Gasteiger partial charge in [0.1, 0.15) is 11.5 Å². The number of anilines is 2. The maximum absolute atomic E-state index is 14.0. The molecular formula is C25H21ClF3N3O. The molecule has 0 atom stereocenters. The van der Waals surface area contributed by atoms with Crippen molar-refractivity contribution < 1.29 is 18.0 Å². The van der Waals surface area contributed by atoms with Gasteiger partial charge < -0.3 is 5.32 Å². The average Bonchev–Trinajstić information content (AvgIpc) is 2.79. The standard InChI is InChI=1S/C25H21ClF3N3O/c26-17-2-5-19(6-3-17)32-24(33)20-7-4-18(27)14-23(20)30-25(32)9-11-31(12-10-25)15-16-1-8-21(28)22(29)13-16/h1-8,13-14,30H,9-12,15H2. The van der Waals surface area contributed by atoms with Crippen molar-refractivity contribution in [2.45, 2.75) is 25.0 Å². The highest BCUT2D eigenvalue weighted by atomic mass is 35.5. The fourth-order valence-corrected chi connectivity index (χ4v) is 4.83. The molecule has 2 aliphatic heterocycles. The zero-order chi connectivity index (χ0) is 23.2. The van der Waals surface area contributed by atoms with E-state index in [1.54, 1.807) is 35.2 Å². The number of nitrogens with zero attached hydrogens (tertiary/aromatic N) is 2. The summed E-state index contributed by atoms with van der Waals surface area (Å²) in [6.07, 6.45) is 1.11. The van der Waals surface area contributed by atoms with Gasteiger partial charge >= 0.3 is 0 Å². The molecule has 1 spiro atoms. The van der Waals surface area contributed by atoms with E-state index in [9.17, 15) is 18.0 Å². The van der Waals surface area contributed by atoms with E-state index >= 15 is 0 Å². The lowest BCUT2D eigenvalue weighted by atomic mass is 9.89. The van der Waals surface area contributed by atoms with Crippen LogP contribution in [-0.4, -0.2) is 29.6 Å². The van der Waals surface area contributed by atoms with E-state index in [0.717, 1.165) is 6.07 Å². The lowest BCUT2D eigenvalue weighted by Crippen LogP contribution is -2.64. The lowest BCUT2D eigenvalue weighted by molar-refractivity contribution is 0.0904. The Kier molecular flexibility index (Phi) is 5.54. The summed E-state index contributed by atoms with van der Waals surface area (Å²) in [7, 11) is 0. The number of rotatable bonds is 3. The van der Waals surface area contributed by atoms with Gasteiger partial charge in [-0.1, -0.05) is 17.7 Å². The van der Waals surface area contributed by atoms with Crippen molar-refractivity contribution >= 4 is 28.9 Å². The van der Waals surface area contributed by atoms with Crippen LogP contribution in [0.25, 0.3) is 0 Å². The van der Waals surface area contributed by atoms with Gasteiger partial charge in [-0.05, 0) is 60.2 Å². The molecule has 1 fully saturated rings. The molecule has 0 unspecified atom stereocenters. The van der Waals surface area contributed by atoms with Crippen LogP contribution in [0.5, 0.6) is 0 Å². The van der Waals surface area contributed by atoms with Crippen molar-refractivity contribution in [3.63, 3.8) is 0 Å². The van der Waals surface area contributed by atoms with Crippen LogP contribution in [0.4, 0.5) is 24.5 Å². The summed E-state index contributed by atoms with van der Waals surface area (Å²) in [6, 6.07) is 15.1. The zero-order valence-corrected chi connectivity index (χ0v) is 18.4. The Hall–Kier alpha value is -3.03. The Morgan fingerprint density at radius 1 is 0.909 bits per heavy atom. The molecule has 1 N–H and O–H groups in total. The maximum Gasteiger partial charge on any atom is 0.262 e. The van der Waals surface area contributed by atoms with Gasteiger partial charge in [0.05, 0.1) is 11.3 Å². The summed E-state index contributed by atoms with van der Waals surface area (Å²) < 4.78 is 40.8. The molecule has 3 aromatic rings. The molecule has 0 radical (unpaired) electrons. The Labute approximate surface area is 194 Å². The Morgan fingerprint density at radius 2 is 1.64 bits per heavy atom. The minimum absolute atomic E-state index is 0.208. The van der Waals surface area contributed by atoms with E-state index in [4.69, 9.17) is 11.6 Å². The van der Waals surface area contributed by atoms with Gasteiger partial charge in [0, 0.05) is 43.2 Å². The monoisotopic (exact) mass is 471 g/mol. The molecule has 0 aliphatic carbocycles. The summed E-state index contributed by atoms with van der Waals surface area (Å²) in [5.41, 5.74) is 1.50. The van der Waals surface area contributed by atoms with E-state index in [1.807, 2.05) is 0 Å². The molecule has 4 nitrogen and oxygen atoms in total. The highest BCUT2D eigenvalue weighted by molar-refractivity contribution is 6.30. The Morgan fingerprint density at radius 3 is 2.33 bits per heavy atom. The SMILES string of the molecule is O=C1c2ccc(F)cc2NC2(CCN(Cc3ccc(F)c(F)c3)CC2)N1c1ccc(Cl)cc1. The van der Waals surface area contributed by atoms with Gasteiger partial charge in [-0.3, -0.25) is 14.6 Å². The molecule has 2 heterocycles. The molecule has 5 rings (SSSR count). The molecule has 170 valence electrons. The third-order valence-corrected chi connectivity index (χ3v) is 6.62. The Bertz CT molecular complexity index is 1210. The van der Waals surface area contributed by atoms with E-state index in [-0.39, 0.29) is 5.91 Å². The molecule has 1 amide bonds. The summed E-state index contributed by atoms with van der Waals surface area (Å²) in [6.45, 7) is 1.68. The van der Waals surface area contributed by atoms with Crippen LogP contribution in [0, 0.1) is 17.5 Å². The summed E-state index contributed by atoms with van der Waals surface area (Å²) in [5.74, 6) is -2.36. The fraction of sp³-hybridized carbons (Fsp3) is 0.240. The van der Waals surface area contributed by atoms with E-state index in [0.29, 0.717) is 60.0 Å². The summed E-state index contributed by atoms with van der Waals surface area (Å²) >= 11 is 6.06. The van der Waals surface area contributed by atoms with Gasteiger partial charge in [-0.2, -0.15) is 0 Å². The smallest absolute Gasteiger partial charge is 0.262 e. The number of likely N-dealkylation sites (tertiary alicyclic amines) is 1. The van der Waals surface area contributed by atoms with Crippen molar-refractivity contribution in [1.82, 2.24) is 4.90 Å². The average molecular weight is 472 g/mol. The quantitative estimate of drug-likeness (QED) is 0.522. The number of piperidine rings is 1. The largest absolute Gasteiger partial charge is 0.361 e. The second-order valence-electron chi connectivity index (χ2n) is 8.49. The van der Waals surface area contributed by atoms with Gasteiger partial charge in [0.15, 0.2) is 11.6 Å². The number of hydrogen-bond donors (Lipinski definition) is 1. The first-order valence-electron chi connectivity index (χ1n) is 10.7. The van der Waals surface area contributed by atoms with Crippen molar-refractivity contribution in [1.29, 1.82) is 0 Å². The fourth-order valence-electron chi connectivity index (χ4n) is 4.71. The molecular weight excluding hydrogens is 451 g/mol. The number of hydrogen-bond acceptors (Lipinski definition) is 3. The lowest BCUT2D eigenvalue weighted by Gasteiger charge is -2.52. The van der Waals surface area contributed by atoms with Crippen molar-refractivity contribution in [2.75, 3.05) is 23.3 Å². The predicted octanol–water partition coefficient (Wildman–Crippen LogP) is 5.82. The third kappa shape index (κ3) is 4.07. The van der Waals surface area contributed by atoms with E-state index in [1.165, 1.54) is 24.3 Å². The Balaban J connectivity index is 1.44. The molecule has 0 aromatic heterocycles. The molecule has 0 bridgehead atoms. The number of carbonyl (C=O) groups excluding carboxylic acids is 1. The highest BCUT2D eigenvalue weighted by Crippen LogP contribution is 2.41. The van der Waals surface area contributed by atoms with Crippen molar-refractivity contribution in [3.8, 4) is 0 Å². The third-order valence-electron chi connectivity index (χ3n) is 6.37. The van der Waals surface area contributed by atoms with Crippen LogP contribution in [0.1, 0.15) is 28.8 Å². The number of amides is 1. The number of fused-ring (bicyclic) bond motifs is 1. The minimum atomic E-state index is -0.870. The van der Waals surface area contributed by atoms with Crippen LogP contribution in [0.2, 0.25) is 5.02 Å². The second-order valence-corrected chi connectivity index (χ2v) is 8.92. The summed E-state index contributed by atoms with van der Waals surface area (Å²) in [5, 5.41) is 4.01. The number of nitrogens with one attached hydrogen (secondary N) is 1. The first-order valence-corrected chi connectivity index (χ1v) is 11.1. The number of carbonyl (C=O) groups is 1. The van der Waals surface area contributed by atoms with E-state index in [2.05, 4.69) is 10.2 Å². The van der Waals surface area contributed by atoms with Gasteiger partial charge in [0.25, 0.3) is 5.91 Å². The van der Waals surface area contributed by atoms with Crippen molar-refractivity contribution in [3.05, 3.63) is 94.3 Å². The van der Waals surface area contributed by atoms with Gasteiger partial charge in [0.2, 0.25) is 0 Å². The number of halogens is 4. The maximum atomic E-state index is 14.0. The van der Waals surface area contributed by atoms with Crippen LogP contribution in [0.15, 0.2) is 60.7 Å². The van der Waals surface area contributed by atoms with Crippen molar-refractivity contribution in [2.24, 2.45) is 0 Å². The molecule has 1 saturated heterocycles. The predicted molar refractivity (Wildman–Crippen MR) is 122 cm³/mol. The first-order chi connectivity index (χ1) is 15.8. The molecule has 0 saturated carbocycles. The molecule has 33 heavy (non-hydrogen) atoms.